The predicted octanol–water partition coefficient (Wildman–Crippen LogP) is 2.61. The number of hydrogen-bond acceptors (Lipinski definition) is 5. The molecule has 2 aromatic carbocycles. The molecule has 0 aliphatic rings. The average Bonchev–Trinajstić information content (AvgIpc) is 2.90. The van der Waals surface area contributed by atoms with Gasteiger partial charge in [-0.1, -0.05) is 12.1 Å². The van der Waals surface area contributed by atoms with E-state index in [1.54, 1.807) is 24.1 Å². The Balaban J connectivity index is 1.98. The molecule has 1 N–H and O–H groups in total. The first kappa shape index (κ1) is 15.9. The van der Waals surface area contributed by atoms with Crippen molar-refractivity contribution < 1.29 is 10.0 Å². The topological polar surface area (TPSA) is 84.4 Å². The van der Waals surface area contributed by atoms with E-state index >= 15 is 0 Å². The molecule has 0 bridgehead atoms. The Kier molecular flexibility index (Phi) is 4.18. The summed E-state index contributed by atoms with van der Waals surface area (Å²) >= 11 is 0. The van der Waals surface area contributed by atoms with Crippen LogP contribution in [-0.4, -0.2) is 26.6 Å². The number of imidazole rings is 1. The quantitative estimate of drug-likeness (QED) is 0.575. The summed E-state index contributed by atoms with van der Waals surface area (Å²) in [7, 11) is 3.71. The molecule has 0 aliphatic heterocycles. The summed E-state index contributed by atoms with van der Waals surface area (Å²) in [6.07, 6.45) is 0. The van der Waals surface area contributed by atoms with Gasteiger partial charge < -0.3 is 14.6 Å². The van der Waals surface area contributed by atoms with Crippen molar-refractivity contribution in [3.63, 3.8) is 0 Å². The van der Waals surface area contributed by atoms with Crippen molar-refractivity contribution in [2.24, 2.45) is 7.05 Å². The maximum absolute atomic E-state index is 11.3. The number of aromatic nitrogens is 2. The Hall–Kier alpha value is -2.93. The number of rotatable bonds is 5. The first-order valence-electron chi connectivity index (χ1n) is 7.51. The van der Waals surface area contributed by atoms with E-state index in [1.807, 2.05) is 35.9 Å². The van der Waals surface area contributed by atoms with Crippen molar-refractivity contribution in [1.29, 1.82) is 0 Å². The Morgan fingerprint density at radius 1 is 1.29 bits per heavy atom. The van der Waals surface area contributed by atoms with Crippen molar-refractivity contribution in [2.75, 3.05) is 11.9 Å². The standard InChI is InChI=1S/C17H18N4O3/c1-19(16-9-12(11-22)7-8-15(16)21(23)24)10-17-18-13-5-3-4-6-14(13)20(17)2/h3-9,22H,10-11H2,1-2H3. The number of aliphatic hydroxyl groups excluding tert-OH is 1. The molecule has 7 nitrogen and oxygen atoms in total. The fourth-order valence-electron chi connectivity index (χ4n) is 2.76. The number of hydrogen-bond donors (Lipinski definition) is 1. The van der Waals surface area contributed by atoms with Crippen LogP contribution in [0.15, 0.2) is 42.5 Å². The SMILES string of the molecule is CN(Cc1nc2ccccc2n1C)c1cc(CO)ccc1[N+](=O)[O-]. The van der Waals surface area contributed by atoms with Gasteiger partial charge in [0.15, 0.2) is 0 Å². The molecule has 124 valence electrons. The third-order valence-corrected chi connectivity index (χ3v) is 4.09. The van der Waals surface area contributed by atoms with Crippen LogP contribution < -0.4 is 4.90 Å². The van der Waals surface area contributed by atoms with E-state index in [9.17, 15) is 15.2 Å². The summed E-state index contributed by atoms with van der Waals surface area (Å²) in [6.45, 7) is 0.256. The van der Waals surface area contributed by atoms with Gasteiger partial charge in [-0.05, 0) is 29.8 Å². The van der Waals surface area contributed by atoms with Crippen LogP contribution in [0.4, 0.5) is 11.4 Å². The van der Waals surface area contributed by atoms with Gasteiger partial charge in [0.1, 0.15) is 11.5 Å². The average molecular weight is 326 g/mol. The molecule has 24 heavy (non-hydrogen) atoms. The van der Waals surface area contributed by atoms with E-state index in [-0.39, 0.29) is 12.3 Å². The first-order valence-corrected chi connectivity index (χ1v) is 7.51. The second-order valence-electron chi connectivity index (χ2n) is 5.67. The van der Waals surface area contributed by atoms with Crippen LogP contribution in [-0.2, 0) is 20.2 Å². The second kappa shape index (κ2) is 6.29. The molecule has 0 amide bonds. The van der Waals surface area contributed by atoms with Gasteiger partial charge in [0.25, 0.3) is 5.69 Å². The van der Waals surface area contributed by atoms with Crippen molar-refractivity contribution >= 4 is 22.4 Å². The van der Waals surface area contributed by atoms with E-state index in [1.165, 1.54) is 6.07 Å². The number of fused-ring (bicyclic) bond motifs is 1. The number of aryl methyl sites for hydroxylation is 1. The third-order valence-electron chi connectivity index (χ3n) is 4.09. The van der Waals surface area contributed by atoms with Crippen molar-refractivity contribution in [3.8, 4) is 0 Å². The van der Waals surface area contributed by atoms with Crippen LogP contribution in [0.1, 0.15) is 11.4 Å². The molecular formula is C17H18N4O3. The van der Waals surface area contributed by atoms with Gasteiger partial charge in [-0.15, -0.1) is 0 Å². The zero-order valence-corrected chi connectivity index (χ0v) is 13.5. The highest BCUT2D eigenvalue weighted by molar-refractivity contribution is 5.76. The molecule has 0 atom stereocenters. The Bertz CT molecular complexity index is 904. The van der Waals surface area contributed by atoms with Gasteiger partial charge in [-0.3, -0.25) is 10.1 Å². The van der Waals surface area contributed by atoms with E-state index < -0.39 is 4.92 Å². The van der Waals surface area contributed by atoms with Gasteiger partial charge >= 0.3 is 0 Å². The van der Waals surface area contributed by atoms with Crippen molar-refractivity contribution in [3.05, 3.63) is 64.0 Å². The van der Waals surface area contributed by atoms with Crippen LogP contribution >= 0.6 is 0 Å². The lowest BCUT2D eigenvalue weighted by molar-refractivity contribution is -0.384. The van der Waals surface area contributed by atoms with Gasteiger partial charge in [0.05, 0.1) is 29.1 Å². The van der Waals surface area contributed by atoms with E-state index in [4.69, 9.17) is 0 Å². The fourth-order valence-corrected chi connectivity index (χ4v) is 2.76. The summed E-state index contributed by atoms with van der Waals surface area (Å²) in [6, 6.07) is 12.4. The van der Waals surface area contributed by atoms with Crippen LogP contribution in [0, 0.1) is 10.1 Å². The van der Waals surface area contributed by atoms with Gasteiger partial charge in [0.2, 0.25) is 0 Å². The molecule has 1 heterocycles. The lowest BCUT2D eigenvalue weighted by Gasteiger charge is -2.19. The summed E-state index contributed by atoms with van der Waals surface area (Å²) in [4.78, 5) is 17.2. The highest BCUT2D eigenvalue weighted by Gasteiger charge is 2.19. The van der Waals surface area contributed by atoms with Crippen LogP contribution in [0.2, 0.25) is 0 Å². The molecule has 0 fully saturated rings. The lowest BCUT2D eigenvalue weighted by atomic mass is 10.1. The molecule has 3 aromatic rings. The van der Waals surface area contributed by atoms with Crippen LogP contribution in [0.5, 0.6) is 0 Å². The van der Waals surface area contributed by atoms with Crippen molar-refractivity contribution in [2.45, 2.75) is 13.2 Å². The largest absolute Gasteiger partial charge is 0.392 e. The molecule has 0 spiro atoms. The number of para-hydroxylation sites is 2. The summed E-state index contributed by atoms with van der Waals surface area (Å²) in [5.74, 6) is 0.808. The second-order valence-corrected chi connectivity index (χ2v) is 5.67. The smallest absolute Gasteiger partial charge is 0.292 e. The number of nitro benzene ring substituents is 1. The zero-order chi connectivity index (χ0) is 17.3. The molecule has 0 radical (unpaired) electrons. The number of anilines is 1. The highest BCUT2D eigenvalue weighted by atomic mass is 16.6. The maximum Gasteiger partial charge on any atom is 0.292 e. The molecule has 1 aromatic heterocycles. The maximum atomic E-state index is 11.3. The Morgan fingerprint density at radius 3 is 2.71 bits per heavy atom. The summed E-state index contributed by atoms with van der Waals surface area (Å²) in [5, 5.41) is 20.6. The summed E-state index contributed by atoms with van der Waals surface area (Å²) < 4.78 is 1.98. The Morgan fingerprint density at radius 2 is 2.04 bits per heavy atom. The number of aliphatic hydroxyl groups is 1. The molecule has 0 unspecified atom stereocenters. The third kappa shape index (κ3) is 2.81. The first-order chi connectivity index (χ1) is 11.5. The van der Waals surface area contributed by atoms with Gasteiger partial charge in [-0.25, -0.2) is 4.98 Å². The van der Waals surface area contributed by atoms with Gasteiger partial charge in [0, 0.05) is 20.2 Å². The lowest BCUT2D eigenvalue weighted by Crippen LogP contribution is -2.20. The molecule has 3 rings (SSSR count). The van der Waals surface area contributed by atoms with E-state index in [0.717, 1.165) is 16.9 Å². The zero-order valence-electron chi connectivity index (χ0n) is 13.5. The minimum atomic E-state index is -0.415. The fraction of sp³-hybridized carbons (Fsp3) is 0.235. The monoisotopic (exact) mass is 326 g/mol. The van der Waals surface area contributed by atoms with E-state index in [2.05, 4.69) is 4.98 Å². The molecule has 0 saturated carbocycles. The molecule has 7 heteroatoms. The normalized spacial score (nSPS) is 11.0. The number of nitrogens with zero attached hydrogens (tertiary/aromatic N) is 4. The van der Waals surface area contributed by atoms with Crippen LogP contribution in [0.25, 0.3) is 11.0 Å². The van der Waals surface area contributed by atoms with Crippen molar-refractivity contribution in [1.82, 2.24) is 9.55 Å². The molecular weight excluding hydrogens is 308 g/mol. The summed E-state index contributed by atoms with van der Waals surface area (Å²) in [5.41, 5.74) is 3.00. The van der Waals surface area contributed by atoms with Gasteiger partial charge in [-0.2, -0.15) is 0 Å². The number of benzene rings is 2. The number of nitro groups is 1. The molecule has 0 aliphatic carbocycles. The molecule has 0 saturated heterocycles. The minimum Gasteiger partial charge on any atom is -0.392 e. The predicted molar refractivity (Wildman–Crippen MR) is 91.8 cm³/mol. The highest BCUT2D eigenvalue weighted by Crippen LogP contribution is 2.30. The Labute approximate surface area is 138 Å². The van der Waals surface area contributed by atoms with E-state index in [0.29, 0.717) is 17.8 Å². The van der Waals surface area contributed by atoms with Crippen LogP contribution in [0.3, 0.4) is 0 Å². The minimum absolute atomic E-state index is 0.00784.